The molecule has 0 radical (unpaired) electrons. The number of rotatable bonds is 4. The first kappa shape index (κ1) is 15.3. The summed E-state index contributed by atoms with van der Waals surface area (Å²) in [5, 5.41) is 18.0. The van der Waals surface area contributed by atoms with E-state index >= 15 is 0 Å². The molecule has 0 amide bonds. The minimum Gasteiger partial charge on any atom is -0.393 e. The normalized spacial score (nSPS) is 23.6. The van der Waals surface area contributed by atoms with E-state index in [0.717, 1.165) is 31.7 Å². The Bertz CT molecular complexity index is 455. The van der Waals surface area contributed by atoms with Crippen LogP contribution in [0.4, 0.5) is 5.82 Å². The van der Waals surface area contributed by atoms with Gasteiger partial charge >= 0.3 is 0 Å². The molecule has 20 heavy (non-hydrogen) atoms. The topological polar surface area (TPSA) is 53.3 Å². The quantitative estimate of drug-likeness (QED) is 0.876. The highest BCUT2D eigenvalue weighted by atomic mass is 16.3. The average Bonchev–Trinajstić information content (AvgIpc) is 2.65. The number of hydrogen-bond acceptors (Lipinski definition) is 4. The third-order valence-electron chi connectivity index (χ3n) is 4.16. The van der Waals surface area contributed by atoms with E-state index in [4.69, 9.17) is 0 Å². The summed E-state index contributed by atoms with van der Waals surface area (Å²) in [4.78, 5) is 2.37. The Labute approximate surface area is 122 Å². The summed E-state index contributed by atoms with van der Waals surface area (Å²) in [5.41, 5.74) is 2.37. The van der Waals surface area contributed by atoms with Gasteiger partial charge in [-0.1, -0.05) is 20.8 Å². The van der Waals surface area contributed by atoms with Gasteiger partial charge < -0.3 is 15.3 Å². The molecule has 1 saturated heterocycles. The number of nitrogens with zero attached hydrogens (tertiary/aromatic N) is 3. The van der Waals surface area contributed by atoms with Crippen LogP contribution < -0.4 is 10.2 Å². The van der Waals surface area contributed by atoms with E-state index in [2.05, 4.69) is 43.0 Å². The molecule has 2 atom stereocenters. The Kier molecular flexibility index (Phi) is 4.70. The maximum atomic E-state index is 9.90. The number of aliphatic hydroxyl groups excluding tert-OH is 1. The van der Waals surface area contributed by atoms with Gasteiger partial charge in [-0.15, -0.1) is 0 Å². The summed E-state index contributed by atoms with van der Waals surface area (Å²) in [6.07, 6.45) is 0.667. The molecular formula is C15H28N4O. The molecule has 5 heteroatoms. The minimum atomic E-state index is -0.169. The molecule has 1 fully saturated rings. The Balaban J connectivity index is 2.22. The van der Waals surface area contributed by atoms with E-state index < -0.39 is 0 Å². The maximum absolute atomic E-state index is 9.90. The molecule has 1 aliphatic heterocycles. The van der Waals surface area contributed by atoms with Crippen LogP contribution in [-0.4, -0.2) is 40.1 Å². The van der Waals surface area contributed by atoms with E-state index in [1.165, 1.54) is 11.4 Å². The van der Waals surface area contributed by atoms with Crippen LogP contribution in [0, 0.1) is 12.8 Å². The zero-order valence-electron chi connectivity index (χ0n) is 13.3. The third-order valence-corrected chi connectivity index (χ3v) is 4.16. The Hall–Kier alpha value is -1.07. The highest BCUT2D eigenvalue weighted by Gasteiger charge is 2.28. The number of nitrogens with one attached hydrogen (secondary N) is 1. The summed E-state index contributed by atoms with van der Waals surface area (Å²) in [6, 6.07) is 0.463. The van der Waals surface area contributed by atoms with Crippen LogP contribution in [0.15, 0.2) is 0 Å². The van der Waals surface area contributed by atoms with Gasteiger partial charge in [0.2, 0.25) is 0 Å². The molecule has 1 aliphatic rings. The van der Waals surface area contributed by atoms with E-state index in [0.29, 0.717) is 12.0 Å². The van der Waals surface area contributed by atoms with Crippen LogP contribution in [-0.2, 0) is 13.6 Å². The first-order valence-corrected chi connectivity index (χ1v) is 7.59. The van der Waals surface area contributed by atoms with Gasteiger partial charge in [0.25, 0.3) is 0 Å². The van der Waals surface area contributed by atoms with Crippen molar-refractivity contribution in [2.24, 2.45) is 13.0 Å². The summed E-state index contributed by atoms with van der Waals surface area (Å²) in [5.74, 6) is 1.51. The predicted octanol–water partition coefficient (Wildman–Crippen LogP) is 1.43. The average molecular weight is 280 g/mol. The summed E-state index contributed by atoms with van der Waals surface area (Å²) in [6.45, 7) is 11.2. The van der Waals surface area contributed by atoms with Crippen molar-refractivity contribution in [2.45, 2.75) is 52.8 Å². The molecule has 5 nitrogen and oxygen atoms in total. The summed E-state index contributed by atoms with van der Waals surface area (Å²) < 4.78 is 1.98. The third kappa shape index (κ3) is 3.15. The standard InChI is InChI=1S/C15H28N4O/c1-10(2)16-8-13-12(4)17-18(5)15(13)19-7-6-14(20)11(3)9-19/h10-11,14,16,20H,6-9H2,1-5H3. The van der Waals surface area contributed by atoms with Gasteiger partial charge in [0, 0.05) is 38.3 Å². The smallest absolute Gasteiger partial charge is 0.131 e. The molecular weight excluding hydrogens is 252 g/mol. The molecule has 0 bridgehead atoms. The zero-order chi connectivity index (χ0) is 14.9. The molecule has 2 N–H and O–H groups in total. The molecule has 1 aromatic rings. The predicted molar refractivity (Wildman–Crippen MR) is 81.9 cm³/mol. The van der Waals surface area contributed by atoms with Crippen molar-refractivity contribution in [3.8, 4) is 0 Å². The van der Waals surface area contributed by atoms with Gasteiger partial charge in [0.15, 0.2) is 0 Å². The Morgan fingerprint density at radius 1 is 1.45 bits per heavy atom. The van der Waals surface area contributed by atoms with Crippen molar-refractivity contribution in [2.75, 3.05) is 18.0 Å². The molecule has 2 unspecified atom stereocenters. The molecule has 0 aliphatic carbocycles. The molecule has 0 spiro atoms. The van der Waals surface area contributed by atoms with Crippen molar-refractivity contribution in [3.05, 3.63) is 11.3 Å². The van der Waals surface area contributed by atoms with Crippen molar-refractivity contribution in [1.29, 1.82) is 0 Å². The van der Waals surface area contributed by atoms with Crippen LogP contribution in [0.2, 0.25) is 0 Å². The number of piperidine rings is 1. The molecule has 2 rings (SSSR count). The van der Waals surface area contributed by atoms with E-state index in [1.807, 2.05) is 11.7 Å². The van der Waals surface area contributed by atoms with Crippen molar-refractivity contribution in [3.63, 3.8) is 0 Å². The maximum Gasteiger partial charge on any atom is 0.131 e. The lowest BCUT2D eigenvalue weighted by atomic mass is 9.96. The number of anilines is 1. The largest absolute Gasteiger partial charge is 0.393 e. The van der Waals surface area contributed by atoms with Gasteiger partial charge in [-0.3, -0.25) is 4.68 Å². The molecule has 1 aromatic heterocycles. The monoisotopic (exact) mass is 280 g/mol. The number of aliphatic hydroxyl groups is 1. The summed E-state index contributed by atoms with van der Waals surface area (Å²) >= 11 is 0. The van der Waals surface area contributed by atoms with Crippen LogP contribution in [0.3, 0.4) is 0 Å². The van der Waals surface area contributed by atoms with Gasteiger partial charge in [0.1, 0.15) is 5.82 Å². The lowest BCUT2D eigenvalue weighted by molar-refractivity contribution is 0.0966. The van der Waals surface area contributed by atoms with Gasteiger partial charge in [0.05, 0.1) is 11.8 Å². The van der Waals surface area contributed by atoms with Gasteiger partial charge in [-0.2, -0.15) is 5.10 Å². The zero-order valence-corrected chi connectivity index (χ0v) is 13.3. The Morgan fingerprint density at radius 2 is 2.15 bits per heavy atom. The second-order valence-corrected chi connectivity index (χ2v) is 6.33. The van der Waals surface area contributed by atoms with E-state index in [-0.39, 0.29) is 6.10 Å². The number of aromatic nitrogens is 2. The minimum absolute atomic E-state index is 0.169. The van der Waals surface area contributed by atoms with Gasteiger partial charge in [-0.25, -0.2) is 0 Å². The van der Waals surface area contributed by atoms with E-state index in [9.17, 15) is 5.11 Å². The fourth-order valence-electron chi connectivity index (χ4n) is 2.92. The van der Waals surface area contributed by atoms with Crippen molar-refractivity contribution < 1.29 is 5.11 Å². The highest BCUT2D eigenvalue weighted by molar-refractivity contribution is 5.50. The van der Waals surface area contributed by atoms with Gasteiger partial charge in [-0.05, 0) is 19.3 Å². The molecule has 2 heterocycles. The second kappa shape index (κ2) is 6.14. The number of aryl methyl sites for hydroxylation is 2. The SMILES string of the molecule is Cc1nn(C)c(N2CCC(O)C(C)C2)c1CNC(C)C. The van der Waals surface area contributed by atoms with Crippen molar-refractivity contribution in [1.82, 2.24) is 15.1 Å². The van der Waals surface area contributed by atoms with Crippen LogP contribution in [0.5, 0.6) is 0 Å². The van der Waals surface area contributed by atoms with E-state index in [1.54, 1.807) is 0 Å². The molecule has 0 aromatic carbocycles. The lowest BCUT2D eigenvalue weighted by Crippen LogP contribution is -2.43. The highest BCUT2D eigenvalue weighted by Crippen LogP contribution is 2.28. The molecule has 114 valence electrons. The molecule has 0 saturated carbocycles. The second-order valence-electron chi connectivity index (χ2n) is 6.33. The fourth-order valence-corrected chi connectivity index (χ4v) is 2.92. The lowest BCUT2D eigenvalue weighted by Gasteiger charge is -2.36. The first-order valence-electron chi connectivity index (χ1n) is 7.59. The van der Waals surface area contributed by atoms with Crippen LogP contribution >= 0.6 is 0 Å². The van der Waals surface area contributed by atoms with Crippen LogP contribution in [0.1, 0.15) is 38.4 Å². The first-order chi connectivity index (χ1) is 9.40. The summed E-state index contributed by atoms with van der Waals surface area (Å²) in [7, 11) is 2.01. The Morgan fingerprint density at radius 3 is 2.75 bits per heavy atom. The van der Waals surface area contributed by atoms with Crippen LogP contribution in [0.25, 0.3) is 0 Å². The fraction of sp³-hybridized carbons (Fsp3) is 0.800. The van der Waals surface area contributed by atoms with Crippen molar-refractivity contribution >= 4 is 5.82 Å². The number of hydrogen-bond donors (Lipinski definition) is 2.